The standard InChI is InChI=1S/C15H24BrNO2/c1-10(2)5-6-11(3)17-9-12-7-13(16)15(18)14(8-12)19-4/h7-8,10-11,17-18H,5-6,9H2,1-4H3. The molecule has 1 unspecified atom stereocenters. The normalized spacial score (nSPS) is 12.7. The van der Waals surface area contributed by atoms with Gasteiger partial charge in [0.25, 0.3) is 0 Å². The van der Waals surface area contributed by atoms with Gasteiger partial charge in [0.2, 0.25) is 0 Å². The Kier molecular flexibility index (Phi) is 6.66. The third-order valence-corrected chi connectivity index (χ3v) is 3.74. The maximum atomic E-state index is 9.75. The zero-order valence-electron chi connectivity index (χ0n) is 12.2. The second-order valence-electron chi connectivity index (χ2n) is 5.38. The van der Waals surface area contributed by atoms with Gasteiger partial charge in [-0.15, -0.1) is 0 Å². The number of phenols is 1. The molecular weight excluding hydrogens is 306 g/mol. The zero-order valence-corrected chi connectivity index (χ0v) is 13.8. The number of hydrogen-bond donors (Lipinski definition) is 2. The first kappa shape index (κ1) is 16.3. The smallest absolute Gasteiger partial charge is 0.172 e. The monoisotopic (exact) mass is 329 g/mol. The summed E-state index contributed by atoms with van der Waals surface area (Å²) in [6, 6.07) is 4.27. The van der Waals surface area contributed by atoms with Crippen molar-refractivity contribution in [3.8, 4) is 11.5 Å². The van der Waals surface area contributed by atoms with Crippen molar-refractivity contribution in [2.24, 2.45) is 5.92 Å². The first-order chi connectivity index (χ1) is 8.93. The maximum Gasteiger partial charge on any atom is 0.172 e. The van der Waals surface area contributed by atoms with Crippen LogP contribution in [-0.2, 0) is 6.54 Å². The lowest BCUT2D eigenvalue weighted by molar-refractivity contribution is 0.371. The molecule has 0 aliphatic carbocycles. The van der Waals surface area contributed by atoms with E-state index >= 15 is 0 Å². The predicted octanol–water partition coefficient (Wildman–Crippen LogP) is 4.08. The summed E-state index contributed by atoms with van der Waals surface area (Å²) in [5, 5.41) is 13.2. The maximum absolute atomic E-state index is 9.75. The van der Waals surface area contributed by atoms with Gasteiger partial charge in [-0.3, -0.25) is 0 Å². The molecule has 4 heteroatoms. The van der Waals surface area contributed by atoms with Crippen molar-refractivity contribution in [1.29, 1.82) is 0 Å². The van der Waals surface area contributed by atoms with E-state index in [1.54, 1.807) is 7.11 Å². The lowest BCUT2D eigenvalue weighted by Gasteiger charge is -2.16. The van der Waals surface area contributed by atoms with E-state index < -0.39 is 0 Å². The first-order valence-electron chi connectivity index (χ1n) is 6.72. The molecule has 0 spiro atoms. The van der Waals surface area contributed by atoms with Crippen LogP contribution >= 0.6 is 15.9 Å². The lowest BCUT2D eigenvalue weighted by Crippen LogP contribution is -2.25. The second kappa shape index (κ2) is 7.75. The molecule has 1 rings (SSSR count). The molecular formula is C15H24BrNO2. The largest absolute Gasteiger partial charge is 0.503 e. The summed E-state index contributed by atoms with van der Waals surface area (Å²) in [6.45, 7) is 7.47. The van der Waals surface area contributed by atoms with Gasteiger partial charge in [-0.2, -0.15) is 0 Å². The van der Waals surface area contributed by atoms with Crippen LogP contribution < -0.4 is 10.1 Å². The van der Waals surface area contributed by atoms with Gasteiger partial charge in [-0.25, -0.2) is 0 Å². The number of nitrogens with one attached hydrogen (secondary N) is 1. The van der Waals surface area contributed by atoms with Gasteiger partial charge >= 0.3 is 0 Å². The highest BCUT2D eigenvalue weighted by atomic mass is 79.9. The van der Waals surface area contributed by atoms with Crippen LogP contribution in [0.4, 0.5) is 0 Å². The highest BCUT2D eigenvalue weighted by molar-refractivity contribution is 9.10. The average Bonchev–Trinajstić information content (AvgIpc) is 2.37. The van der Waals surface area contributed by atoms with E-state index in [0.717, 1.165) is 18.0 Å². The Labute approximate surface area is 124 Å². The minimum absolute atomic E-state index is 0.152. The molecule has 2 N–H and O–H groups in total. The minimum Gasteiger partial charge on any atom is -0.503 e. The predicted molar refractivity (Wildman–Crippen MR) is 82.7 cm³/mol. The zero-order chi connectivity index (χ0) is 14.4. The van der Waals surface area contributed by atoms with Gasteiger partial charge in [0.1, 0.15) is 0 Å². The van der Waals surface area contributed by atoms with Crippen LogP contribution in [0.2, 0.25) is 0 Å². The van der Waals surface area contributed by atoms with E-state index in [1.165, 1.54) is 12.8 Å². The van der Waals surface area contributed by atoms with Crippen LogP contribution in [-0.4, -0.2) is 18.3 Å². The van der Waals surface area contributed by atoms with Gasteiger partial charge in [-0.05, 0) is 59.3 Å². The van der Waals surface area contributed by atoms with E-state index in [9.17, 15) is 5.11 Å². The Balaban J connectivity index is 2.55. The summed E-state index contributed by atoms with van der Waals surface area (Å²) in [7, 11) is 1.56. The molecule has 108 valence electrons. The molecule has 1 atom stereocenters. The molecule has 0 fully saturated rings. The number of ether oxygens (including phenoxy) is 1. The number of halogens is 1. The topological polar surface area (TPSA) is 41.5 Å². The summed E-state index contributed by atoms with van der Waals surface area (Å²) in [5.74, 6) is 1.40. The van der Waals surface area contributed by atoms with Gasteiger partial charge in [0.05, 0.1) is 11.6 Å². The Morgan fingerprint density at radius 1 is 1.26 bits per heavy atom. The average molecular weight is 330 g/mol. The fourth-order valence-corrected chi connectivity index (χ4v) is 2.35. The molecule has 0 amide bonds. The fourth-order valence-electron chi connectivity index (χ4n) is 1.86. The molecule has 0 saturated carbocycles. The van der Waals surface area contributed by atoms with Crippen molar-refractivity contribution in [1.82, 2.24) is 5.32 Å². The SMILES string of the molecule is COc1cc(CNC(C)CCC(C)C)cc(Br)c1O. The van der Waals surface area contributed by atoms with E-state index in [2.05, 4.69) is 42.0 Å². The minimum atomic E-state index is 0.152. The summed E-state index contributed by atoms with van der Waals surface area (Å²) >= 11 is 3.34. The van der Waals surface area contributed by atoms with E-state index in [1.807, 2.05) is 12.1 Å². The number of rotatable bonds is 7. The van der Waals surface area contributed by atoms with Crippen molar-refractivity contribution in [2.75, 3.05) is 7.11 Å². The van der Waals surface area contributed by atoms with Crippen LogP contribution in [0.15, 0.2) is 16.6 Å². The summed E-state index contributed by atoms with van der Waals surface area (Å²) in [5.41, 5.74) is 1.10. The van der Waals surface area contributed by atoms with Crippen molar-refractivity contribution in [2.45, 2.75) is 46.2 Å². The molecule has 3 nitrogen and oxygen atoms in total. The van der Waals surface area contributed by atoms with Gasteiger partial charge in [0.15, 0.2) is 11.5 Å². The molecule has 1 aromatic carbocycles. The molecule has 0 aromatic heterocycles. The molecule has 0 bridgehead atoms. The number of phenolic OH excluding ortho intramolecular Hbond substituents is 1. The highest BCUT2D eigenvalue weighted by Crippen LogP contribution is 2.35. The molecule has 0 heterocycles. The van der Waals surface area contributed by atoms with Crippen molar-refractivity contribution >= 4 is 15.9 Å². The molecule has 0 aliphatic rings. The van der Waals surface area contributed by atoms with Gasteiger partial charge in [0, 0.05) is 12.6 Å². The number of aromatic hydroxyl groups is 1. The first-order valence-corrected chi connectivity index (χ1v) is 7.52. The number of hydrogen-bond acceptors (Lipinski definition) is 3. The van der Waals surface area contributed by atoms with Crippen LogP contribution in [0.3, 0.4) is 0 Å². The highest BCUT2D eigenvalue weighted by Gasteiger charge is 2.09. The Hall–Kier alpha value is -0.740. The summed E-state index contributed by atoms with van der Waals surface area (Å²) in [6.07, 6.45) is 2.41. The van der Waals surface area contributed by atoms with E-state index in [-0.39, 0.29) is 5.75 Å². The number of benzene rings is 1. The van der Waals surface area contributed by atoms with Gasteiger partial charge in [-0.1, -0.05) is 13.8 Å². The third-order valence-electron chi connectivity index (χ3n) is 3.14. The molecule has 19 heavy (non-hydrogen) atoms. The molecule has 0 aliphatic heterocycles. The van der Waals surface area contributed by atoms with E-state index in [0.29, 0.717) is 16.3 Å². The lowest BCUT2D eigenvalue weighted by atomic mass is 10.0. The van der Waals surface area contributed by atoms with Crippen LogP contribution in [0.1, 0.15) is 39.2 Å². The van der Waals surface area contributed by atoms with Crippen molar-refractivity contribution in [3.63, 3.8) is 0 Å². The Bertz CT molecular complexity index is 407. The van der Waals surface area contributed by atoms with Gasteiger partial charge < -0.3 is 15.2 Å². The van der Waals surface area contributed by atoms with Crippen LogP contribution in [0.25, 0.3) is 0 Å². The Morgan fingerprint density at radius 3 is 2.53 bits per heavy atom. The van der Waals surface area contributed by atoms with E-state index in [4.69, 9.17) is 4.74 Å². The fraction of sp³-hybridized carbons (Fsp3) is 0.600. The second-order valence-corrected chi connectivity index (χ2v) is 6.24. The summed E-state index contributed by atoms with van der Waals surface area (Å²) < 4.78 is 5.81. The Morgan fingerprint density at radius 2 is 1.95 bits per heavy atom. The quantitative estimate of drug-likeness (QED) is 0.792. The third kappa shape index (κ3) is 5.41. The molecule has 1 aromatic rings. The number of methoxy groups -OCH3 is 1. The molecule has 0 radical (unpaired) electrons. The van der Waals surface area contributed by atoms with Crippen LogP contribution in [0.5, 0.6) is 11.5 Å². The van der Waals surface area contributed by atoms with Crippen molar-refractivity contribution < 1.29 is 9.84 Å². The van der Waals surface area contributed by atoms with Crippen LogP contribution in [0, 0.1) is 5.92 Å². The summed E-state index contributed by atoms with van der Waals surface area (Å²) in [4.78, 5) is 0. The molecule has 0 saturated heterocycles. The van der Waals surface area contributed by atoms with Crippen molar-refractivity contribution in [3.05, 3.63) is 22.2 Å².